The largest absolute Gasteiger partial charge is 0.355 e. The molecule has 0 fully saturated rings. The minimum Gasteiger partial charge on any atom is -0.355 e. The normalized spacial score (nSPS) is 10.9. The van der Waals surface area contributed by atoms with E-state index in [1.165, 1.54) is 0 Å². The summed E-state index contributed by atoms with van der Waals surface area (Å²) in [5, 5.41) is 31.3. The molecule has 0 atom stereocenters. The molecule has 1 heterocycles. The third-order valence-corrected chi connectivity index (χ3v) is 2.44. The quantitative estimate of drug-likeness (QED) is 0.505. The number of benzene rings is 1. The number of hydrogen-bond donors (Lipinski definition) is 2. The molecule has 0 saturated heterocycles. The average Bonchev–Trinajstić information content (AvgIpc) is 3.04. The number of tetrazole rings is 1. The fourth-order valence-electron chi connectivity index (χ4n) is 1.42. The SMILES string of the molecule is N#CC(=CNc1c(F)c(F)c(C#N)c(F)c1F)c1nn[nH]n1. The molecule has 0 saturated carbocycles. The first kappa shape index (κ1) is 14.9. The molecule has 11 heteroatoms. The Balaban J connectivity index is 2.48. The molecule has 0 aliphatic carbocycles. The van der Waals surface area contributed by atoms with E-state index in [2.05, 4.69) is 20.6 Å². The summed E-state index contributed by atoms with van der Waals surface area (Å²) in [4.78, 5) is 0. The van der Waals surface area contributed by atoms with Crippen LogP contribution >= 0.6 is 0 Å². The topological polar surface area (TPSA) is 114 Å². The lowest BCUT2D eigenvalue weighted by atomic mass is 10.1. The van der Waals surface area contributed by atoms with Gasteiger partial charge in [-0.05, 0) is 5.21 Å². The molecular formula is C11H3F4N7. The van der Waals surface area contributed by atoms with Gasteiger partial charge in [0.05, 0.1) is 0 Å². The van der Waals surface area contributed by atoms with Crippen molar-refractivity contribution in [3.05, 3.63) is 40.9 Å². The number of H-pyrrole nitrogens is 1. The second-order valence-electron chi connectivity index (χ2n) is 3.67. The Hall–Kier alpha value is -3.47. The first-order chi connectivity index (χ1) is 10.5. The van der Waals surface area contributed by atoms with Crippen LogP contribution in [-0.2, 0) is 0 Å². The molecule has 1 aromatic carbocycles. The summed E-state index contributed by atoms with van der Waals surface area (Å²) in [6.07, 6.45) is 0.733. The van der Waals surface area contributed by atoms with Crippen LogP contribution in [0.25, 0.3) is 5.57 Å². The van der Waals surface area contributed by atoms with Crippen LogP contribution in [0, 0.1) is 45.9 Å². The van der Waals surface area contributed by atoms with Crippen LogP contribution in [0.15, 0.2) is 6.20 Å². The summed E-state index contributed by atoms with van der Waals surface area (Å²) in [6.45, 7) is 0. The van der Waals surface area contributed by atoms with Crippen LogP contribution in [0.5, 0.6) is 0 Å². The van der Waals surface area contributed by atoms with Crippen molar-refractivity contribution in [3.63, 3.8) is 0 Å². The minimum absolute atomic E-state index is 0.203. The molecule has 2 aromatic rings. The number of rotatable bonds is 3. The lowest BCUT2D eigenvalue weighted by Gasteiger charge is -2.08. The number of hydrogen-bond acceptors (Lipinski definition) is 6. The van der Waals surface area contributed by atoms with E-state index in [1.54, 1.807) is 6.07 Å². The highest BCUT2D eigenvalue weighted by Gasteiger charge is 2.25. The van der Waals surface area contributed by atoms with Gasteiger partial charge in [0.1, 0.15) is 29.0 Å². The smallest absolute Gasteiger partial charge is 0.216 e. The van der Waals surface area contributed by atoms with Crippen molar-refractivity contribution in [3.8, 4) is 12.1 Å². The van der Waals surface area contributed by atoms with Gasteiger partial charge in [-0.15, -0.1) is 10.2 Å². The standard InChI is InChI=1S/C11H3F4N7/c12-6-5(2-17)7(13)9(15)10(8(6)14)18-3-4(1-16)11-19-21-22-20-11/h3,18H,(H,19,20,21,22). The minimum atomic E-state index is -1.85. The molecule has 1 aromatic heterocycles. The highest BCUT2D eigenvalue weighted by molar-refractivity contribution is 5.74. The molecule has 22 heavy (non-hydrogen) atoms. The predicted molar refractivity (Wildman–Crippen MR) is 62.4 cm³/mol. The third-order valence-electron chi connectivity index (χ3n) is 2.44. The molecule has 0 spiro atoms. The predicted octanol–water partition coefficient (Wildman–Crippen LogP) is 1.60. The van der Waals surface area contributed by atoms with E-state index in [0.29, 0.717) is 0 Å². The van der Waals surface area contributed by atoms with E-state index in [9.17, 15) is 17.6 Å². The van der Waals surface area contributed by atoms with Crippen LogP contribution in [0.1, 0.15) is 11.4 Å². The van der Waals surface area contributed by atoms with Crippen LogP contribution < -0.4 is 5.32 Å². The first-order valence-electron chi connectivity index (χ1n) is 5.37. The highest BCUT2D eigenvalue weighted by atomic mass is 19.2. The Kier molecular flexibility index (Phi) is 3.99. The lowest BCUT2D eigenvalue weighted by molar-refractivity contribution is 0.455. The Bertz CT molecular complexity index is 801. The molecule has 0 radical (unpaired) electrons. The van der Waals surface area contributed by atoms with Gasteiger partial charge in [-0.1, -0.05) is 0 Å². The van der Waals surface area contributed by atoms with Crippen molar-refractivity contribution in [1.29, 1.82) is 10.5 Å². The average molecular weight is 309 g/mol. The summed E-state index contributed by atoms with van der Waals surface area (Å²) in [7, 11) is 0. The Morgan fingerprint density at radius 2 is 1.73 bits per heavy atom. The van der Waals surface area contributed by atoms with E-state index >= 15 is 0 Å². The second kappa shape index (κ2) is 5.88. The van der Waals surface area contributed by atoms with Crippen molar-refractivity contribution < 1.29 is 17.6 Å². The van der Waals surface area contributed by atoms with Crippen LogP contribution in [0.2, 0.25) is 0 Å². The van der Waals surface area contributed by atoms with Gasteiger partial charge in [-0.2, -0.15) is 15.7 Å². The molecule has 0 aliphatic rings. The van der Waals surface area contributed by atoms with Crippen molar-refractivity contribution in [2.24, 2.45) is 0 Å². The van der Waals surface area contributed by atoms with Crippen LogP contribution in [-0.4, -0.2) is 20.6 Å². The van der Waals surface area contributed by atoms with Gasteiger partial charge in [0, 0.05) is 6.20 Å². The van der Waals surface area contributed by atoms with E-state index in [4.69, 9.17) is 10.5 Å². The third kappa shape index (κ3) is 2.43. The van der Waals surface area contributed by atoms with Crippen LogP contribution in [0.3, 0.4) is 0 Å². The molecule has 0 unspecified atom stereocenters. The first-order valence-corrected chi connectivity index (χ1v) is 5.37. The number of nitrogens with zero attached hydrogens (tertiary/aromatic N) is 5. The lowest BCUT2D eigenvalue weighted by Crippen LogP contribution is -2.06. The molecule has 7 nitrogen and oxygen atoms in total. The summed E-state index contributed by atoms with van der Waals surface area (Å²) in [5.74, 6) is -7.52. The zero-order chi connectivity index (χ0) is 16.3. The van der Waals surface area contributed by atoms with E-state index in [-0.39, 0.29) is 11.4 Å². The van der Waals surface area contributed by atoms with Gasteiger partial charge < -0.3 is 5.32 Å². The maximum absolute atomic E-state index is 13.6. The number of nitrogens with one attached hydrogen (secondary N) is 2. The summed E-state index contributed by atoms with van der Waals surface area (Å²) >= 11 is 0. The number of nitriles is 2. The van der Waals surface area contributed by atoms with Crippen LogP contribution in [0.4, 0.5) is 23.2 Å². The number of aromatic nitrogens is 4. The van der Waals surface area contributed by atoms with Gasteiger partial charge in [0.25, 0.3) is 0 Å². The van der Waals surface area contributed by atoms with E-state index in [1.807, 2.05) is 5.32 Å². The summed E-state index contributed by atoms with van der Waals surface area (Å²) in [5.41, 5.74) is -2.90. The zero-order valence-electron chi connectivity index (χ0n) is 10.3. The Morgan fingerprint density at radius 1 is 1.09 bits per heavy atom. The fourth-order valence-corrected chi connectivity index (χ4v) is 1.42. The second-order valence-corrected chi connectivity index (χ2v) is 3.67. The molecule has 0 amide bonds. The maximum Gasteiger partial charge on any atom is 0.216 e. The van der Waals surface area contributed by atoms with Crippen molar-refractivity contribution in [2.75, 3.05) is 5.32 Å². The number of aromatic amines is 1. The highest BCUT2D eigenvalue weighted by Crippen LogP contribution is 2.28. The van der Waals surface area contributed by atoms with E-state index in [0.717, 1.165) is 12.3 Å². The number of allylic oxidation sites excluding steroid dienone is 1. The molecule has 2 rings (SSSR count). The van der Waals surface area contributed by atoms with Crippen molar-refractivity contribution in [2.45, 2.75) is 0 Å². The van der Waals surface area contributed by atoms with Gasteiger partial charge in [0.15, 0.2) is 23.3 Å². The summed E-state index contributed by atoms with van der Waals surface area (Å²) < 4.78 is 54.1. The van der Waals surface area contributed by atoms with E-state index < -0.39 is 34.5 Å². The van der Waals surface area contributed by atoms with Crippen molar-refractivity contribution >= 4 is 11.3 Å². The number of anilines is 1. The fraction of sp³-hybridized carbons (Fsp3) is 0. The molecule has 0 bridgehead atoms. The molecule has 2 N–H and O–H groups in total. The summed E-state index contributed by atoms with van der Waals surface area (Å²) in [6, 6.07) is 2.61. The maximum atomic E-state index is 13.6. The van der Waals surface area contributed by atoms with Gasteiger partial charge in [0.2, 0.25) is 5.82 Å². The molecular weight excluding hydrogens is 306 g/mol. The van der Waals surface area contributed by atoms with Gasteiger partial charge in [-0.3, -0.25) is 0 Å². The van der Waals surface area contributed by atoms with Gasteiger partial charge >= 0.3 is 0 Å². The zero-order valence-corrected chi connectivity index (χ0v) is 10.3. The monoisotopic (exact) mass is 309 g/mol. The molecule has 110 valence electrons. The Labute approximate surface area is 119 Å². The van der Waals surface area contributed by atoms with Gasteiger partial charge in [-0.25, -0.2) is 17.6 Å². The van der Waals surface area contributed by atoms with Crippen molar-refractivity contribution in [1.82, 2.24) is 20.6 Å². The number of halogens is 4. The Morgan fingerprint density at radius 3 is 2.18 bits per heavy atom. The molecule has 0 aliphatic heterocycles.